The van der Waals surface area contributed by atoms with Gasteiger partial charge < -0.3 is 4.74 Å². The molecule has 0 bridgehead atoms. The van der Waals surface area contributed by atoms with Crippen molar-refractivity contribution < 1.29 is 4.74 Å². The Hall–Kier alpha value is -0.530. The molecule has 2 heteroatoms. The summed E-state index contributed by atoms with van der Waals surface area (Å²) in [6, 6.07) is 8.90. The highest BCUT2D eigenvalue weighted by atomic mass is 35.5. The Morgan fingerprint density at radius 3 is 1.87 bits per heavy atom. The predicted octanol–water partition coefficient (Wildman–Crippen LogP) is 6.74. The normalized spacial score (nSPS) is 14.8. The van der Waals surface area contributed by atoms with Gasteiger partial charge in [-0.05, 0) is 47.1 Å². The standard InChI is InChI=1S/C21H35ClO/c1-16(23-8)17-9-11-18(12-10-17)19(2,3)13-14-20(4,5)21(6,7)15-22/h9-12,16H,13-15H2,1-8H3. The van der Waals surface area contributed by atoms with Crippen LogP contribution in [0.5, 0.6) is 0 Å². The lowest BCUT2D eigenvalue weighted by Crippen LogP contribution is -2.35. The minimum Gasteiger partial charge on any atom is -0.377 e. The lowest BCUT2D eigenvalue weighted by Gasteiger charge is -2.42. The van der Waals surface area contributed by atoms with E-state index in [0.29, 0.717) is 5.88 Å². The number of rotatable bonds is 8. The highest BCUT2D eigenvalue weighted by molar-refractivity contribution is 6.18. The summed E-state index contributed by atoms with van der Waals surface area (Å²) in [5.41, 5.74) is 3.15. The van der Waals surface area contributed by atoms with E-state index in [1.54, 1.807) is 7.11 Å². The van der Waals surface area contributed by atoms with Gasteiger partial charge in [-0.1, -0.05) is 65.8 Å². The van der Waals surface area contributed by atoms with Crippen molar-refractivity contribution in [3.8, 4) is 0 Å². The molecule has 1 atom stereocenters. The van der Waals surface area contributed by atoms with Crippen LogP contribution < -0.4 is 0 Å². The Bertz CT molecular complexity index is 485. The van der Waals surface area contributed by atoms with Gasteiger partial charge in [0.2, 0.25) is 0 Å². The van der Waals surface area contributed by atoms with Crippen LogP contribution in [0.25, 0.3) is 0 Å². The van der Waals surface area contributed by atoms with Crippen molar-refractivity contribution >= 4 is 11.6 Å². The minimum absolute atomic E-state index is 0.141. The Balaban J connectivity index is 2.83. The highest BCUT2D eigenvalue weighted by Crippen LogP contribution is 2.45. The van der Waals surface area contributed by atoms with Crippen molar-refractivity contribution in [1.82, 2.24) is 0 Å². The maximum Gasteiger partial charge on any atom is 0.0793 e. The van der Waals surface area contributed by atoms with Crippen molar-refractivity contribution in [2.24, 2.45) is 10.8 Å². The van der Waals surface area contributed by atoms with E-state index >= 15 is 0 Å². The molecule has 0 N–H and O–H groups in total. The Morgan fingerprint density at radius 2 is 1.43 bits per heavy atom. The SMILES string of the molecule is COC(C)c1ccc(C(C)(C)CCC(C)(C)C(C)(C)CCl)cc1. The number of methoxy groups -OCH3 is 1. The molecule has 0 aliphatic carbocycles. The molecule has 0 aliphatic heterocycles. The summed E-state index contributed by atoms with van der Waals surface area (Å²) in [5, 5.41) is 0. The summed E-state index contributed by atoms with van der Waals surface area (Å²) < 4.78 is 5.39. The summed E-state index contributed by atoms with van der Waals surface area (Å²) in [7, 11) is 1.75. The van der Waals surface area contributed by atoms with Gasteiger partial charge in [-0.2, -0.15) is 0 Å². The summed E-state index contributed by atoms with van der Waals surface area (Å²) in [6.07, 6.45) is 2.46. The minimum atomic E-state index is 0.141. The zero-order chi connectivity index (χ0) is 17.9. The van der Waals surface area contributed by atoms with E-state index < -0.39 is 0 Å². The van der Waals surface area contributed by atoms with Crippen LogP contribution in [0.1, 0.15) is 78.5 Å². The molecule has 0 fully saturated rings. The topological polar surface area (TPSA) is 9.23 Å². The van der Waals surface area contributed by atoms with Gasteiger partial charge in [-0.25, -0.2) is 0 Å². The molecular formula is C21H35ClO. The molecule has 0 saturated carbocycles. The summed E-state index contributed by atoms with van der Waals surface area (Å²) >= 11 is 6.19. The number of hydrogen-bond acceptors (Lipinski definition) is 1. The second kappa shape index (κ2) is 7.57. The van der Waals surface area contributed by atoms with Crippen molar-refractivity contribution in [2.75, 3.05) is 13.0 Å². The zero-order valence-corrected chi connectivity index (χ0v) is 17.1. The molecule has 1 aromatic rings. The molecule has 0 spiro atoms. The van der Waals surface area contributed by atoms with Crippen LogP contribution in [0.4, 0.5) is 0 Å². The Morgan fingerprint density at radius 1 is 0.913 bits per heavy atom. The first kappa shape index (κ1) is 20.5. The molecule has 1 nitrogen and oxygen atoms in total. The van der Waals surface area contributed by atoms with Crippen LogP contribution in [0.15, 0.2) is 24.3 Å². The third kappa shape index (κ3) is 4.97. The third-order valence-corrected chi connectivity index (χ3v) is 6.72. The van der Waals surface area contributed by atoms with Gasteiger partial charge in [0, 0.05) is 13.0 Å². The number of alkyl halides is 1. The van der Waals surface area contributed by atoms with Crippen molar-refractivity contribution in [2.45, 2.75) is 72.8 Å². The average Bonchev–Trinajstić information content (AvgIpc) is 2.52. The van der Waals surface area contributed by atoms with Crippen molar-refractivity contribution in [3.05, 3.63) is 35.4 Å². The molecular weight excluding hydrogens is 304 g/mol. The maximum atomic E-state index is 6.19. The fourth-order valence-corrected chi connectivity index (χ4v) is 2.99. The van der Waals surface area contributed by atoms with Crippen LogP contribution >= 0.6 is 11.6 Å². The second-order valence-electron chi connectivity index (χ2n) is 8.79. The van der Waals surface area contributed by atoms with Gasteiger partial charge in [0.15, 0.2) is 0 Å². The Labute approximate surface area is 148 Å². The van der Waals surface area contributed by atoms with E-state index in [1.807, 2.05) is 0 Å². The molecule has 0 radical (unpaired) electrons. The summed E-state index contributed by atoms with van der Waals surface area (Å²) in [5.74, 6) is 0.698. The lowest BCUT2D eigenvalue weighted by atomic mass is 9.64. The fraction of sp³-hybridized carbons (Fsp3) is 0.714. The van der Waals surface area contributed by atoms with Crippen molar-refractivity contribution in [1.29, 1.82) is 0 Å². The van der Waals surface area contributed by atoms with Gasteiger partial charge in [0.25, 0.3) is 0 Å². The highest BCUT2D eigenvalue weighted by Gasteiger charge is 2.37. The molecule has 1 aromatic carbocycles. The molecule has 1 rings (SSSR count). The van der Waals surface area contributed by atoms with Gasteiger partial charge in [0.1, 0.15) is 0 Å². The summed E-state index contributed by atoms with van der Waals surface area (Å²) in [6.45, 7) is 16.0. The molecule has 132 valence electrons. The van der Waals surface area contributed by atoms with E-state index in [4.69, 9.17) is 16.3 Å². The van der Waals surface area contributed by atoms with Gasteiger partial charge >= 0.3 is 0 Å². The van der Waals surface area contributed by atoms with E-state index in [-0.39, 0.29) is 22.3 Å². The number of hydrogen-bond donors (Lipinski definition) is 0. The van der Waals surface area contributed by atoms with Gasteiger partial charge in [0.05, 0.1) is 6.10 Å². The number of ether oxygens (including phenoxy) is 1. The zero-order valence-electron chi connectivity index (χ0n) is 16.3. The lowest BCUT2D eigenvalue weighted by molar-refractivity contribution is 0.111. The third-order valence-electron chi connectivity index (χ3n) is 6.06. The molecule has 0 aromatic heterocycles. The number of benzene rings is 1. The van der Waals surface area contributed by atoms with E-state index in [0.717, 1.165) is 12.8 Å². The van der Waals surface area contributed by atoms with Crippen molar-refractivity contribution in [3.63, 3.8) is 0 Å². The van der Waals surface area contributed by atoms with Gasteiger partial charge in [-0.3, -0.25) is 0 Å². The van der Waals surface area contributed by atoms with Crippen LogP contribution in [-0.4, -0.2) is 13.0 Å². The number of halogens is 1. The van der Waals surface area contributed by atoms with E-state index in [2.05, 4.69) is 72.7 Å². The van der Waals surface area contributed by atoms with E-state index in [1.165, 1.54) is 11.1 Å². The first-order valence-electron chi connectivity index (χ1n) is 8.66. The second-order valence-corrected chi connectivity index (χ2v) is 9.05. The Kier molecular flexibility index (Phi) is 6.75. The van der Waals surface area contributed by atoms with Crippen LogP contribution in [0, 0.1) is 10.8 Å². The molecule has 0 heterocycles. The largest absolute Gasteiger partial charge is 0.377 e. The first-order chi connectivity index (χ1) is 10.5. The maximum absolute atomic E-state index is 6.19. The summed E-state index contributed by atoms with van der Waals surface area (Å²) in [4.78, 5) is 0. The molecule has 1 unspecified atom stereocenters. The van der Waals surface area contributed by atoms with E-state index in [9.17, 15) is 0 Å². The van der Waals surface area contributed by atoms with Crippen LogP contribution in [-0.2, 0) is 10.2 Å². The monoisotopic (exact) mass is 338 g/mol. The quantitative estimate of drug-likeness (QED) is 0.477. The smallest absolute Gasteiger partial charge is 0.0793 e. The predicted molar refractivity (Wildman–Crippen MR) is 102 cm³/mol. The van der Waals surface area contributed by atoms with Crippen LogP contribution in [0.3, 0.4) is 0 Å². The van der Waals surface area contributed by atoms with Crippen LogP contribution in [0.2, 0.25) is 0 Å². The fourth-order valence-electron chi connectivity index (χ4n) is 2.63. The molecule has 23 heavy (non-hydrogen) atoms. The molecule has 0 aliphatic rings. The average molecular weight is 339 g/mol. The molecule has 0 amide bonds. The van der Waals surface area contributed by atoms with Gasteiger partial charge in [-0.15, -0.1) is 11.6 Å². The first-order valence-corrected chi connectivity index (χ1v) is 9.19. The molecule has 0 saturated heterocycles.